The van der Waals surface area contributed by atoms with Crippen molar-refractivity contribution in [2.45, 2.75) is 37.7 Å². The third kappa shape index (κ3) is 3.87. The molecule has 2 rings (SSSR count). The topological polar surface area (TPSA) is 100 Å². The molecule has 9 heteroatoms. The van der Waals surface area contributed by atoms with Crippen LogP contribution in [0.3, 0.4) is 0 Å². The van der Waals surface area contributed by atoms with E-state index in [1.807, 2.05) is 6.92 Å². The molecule has 2 atom stereocenters. The second-order valence-corrected chi connectivity index (χ2v) is 5.92. The lowest BCUT2D eigenvalue weighted by atomic mass is 10.3. The Bertz CT molecular complexity index is 481. The fourth-order valence-corrected chi connectivity index (χ4v) is 3.57. The molecule has 1 aliphatic rings. The summed E-state index contributed by atoms with van der Waals surface area (Å²) in [4.78, 5) is 24.9. The van der Waals surface area contributed by atoms with Gasteiger partial charge in [-0.15, -0.1) is 16.9 Å². The van der Waals surface area contributed by atoms with Crippen LogP contribution in [-0.4, -0.2) is 60.7 Å². The molecule has 1 aliphatic heterocycles. The number of aromatic nitrogens is 3. The number of aliphatic carboxylic acids is 1. The number of thioether (sulfide) groups is 1. The number of carboxylic acid groups (broad SMARTS) is 1. The highest BCUT2D eigenvalue weighted by Gasteiger charge is 2.40. The van der Waals surface area contributed by atoms with Gasteiger partial charge in [-0.3, -0.25) is 9.58 Å². The van der Waals surface area contributed by atoms with Crippen LogP contribution in [0.15, 0.2) is 12.4 Å². The molecule has 2 N–H and O–H groups in total. The molecule has 0 radical (unpaired) electrons. The zero-order valence-electron chi connectivity index (χ0n) is 11.8. The maximum atomic E-state index is 12.2. The highest BCUT2D eigenvalue weighted by atomic mass is 32.2. The van der Waals surface area contributed by atoms with E-state index in [0.29, 0.717) is 25.3 Å². The first-order valence-electron chi connectivity index (χ1n) is 6.88. The van der Waals surface area contributed by atoms with Crippen LogP contribution in [0.4, 0.5) is 4.79 Å². The van der Waals surface area contributed by atoms with Crippen molar-refractivity contribution in [2.75, 3.05) is 12.3 Å². The summed E-state index contributed by atoms with van der Waals surface area (Å²) >= 11 is 1.51. The number of hydrogen-bond acceptors (Lipinski definition) is 5. The number of carboxylic acids is 1. The van der Waals surface area contributed by atoms with Gasteiger partial charge in [0.05, 0.1) is 11.6 Å². The van der Waals surface area contributed by atoms with Gasteiger partial charge in [-0.1, -0.05) is 12.1 Å². The minimum Gasteiger partial charge on any atom is -0.480 e. The molecule has 0 spiro atoms. The number of carbonyl (C=O) groups is 2. The van der Waals surface area contributed by atoms with E-state index in [9.17, 15) is 14.7 Å². The Morgan fingerprint density at radius 3 is 2.95 bits per heavy atom. The van der Waals surface area contributed by atoms with Crippen molar-refractivity contribution in [3.63, 3.8) is 0 Å². The zero-order chi connectivity index (χ0) is 15.2. The second-order valence-electron chi connectivity index (χ2n) is 4.71. The van der Waals surface area contributed by atoms with Crippen molar-refractivity contribution in [1.82, 2.24) is 25.2 Å². The average molecular weight is 313 g/mol. The zero-order valence-corrected chi connectivity index (χ0v) is 12.6. The lowest BCUT2D eigenvalue weighted by Gasteiger charge is -2.26. The van der Waals surface area contributed by atoms with Gasteiger partial charge in [0.15, 0.2) is 0 Å². The number of hydrogen-bond donors (Lipinski definition) is 2. The van der Waals surface area contributed by atoms with Crippen molar-refractivity contribution < 1.29 is 14.7 Å². The summed E-state index contributed by atoms with van der Waals surface area (Å²) in [5, 5.41) is 19.4. The molecule has 1 saturated heterocycles. The summed E-state index contributed by atoms with van der Waals surface area (Å²) in [5.41, 5.74) is 0. The van der Waals surface area contributed by atoms with Crippen molar-refractivity contribution in [2.24, 2.45) is 0 Å². The Hall–Kier alpha value is -1.77. The molecule has 1 aromatic heterocycles. The molecule has 2 unspecified atom stereocenters. The molecule has 1 fully saturated rings. The molecular weight excluding hydrogens is 294 g/mol. The average Bonchev–Trinajstić information content (AvgIpc) is 3.11. The van der Waals surface area contributed by atoms with Crippen LogP contribution in [0.5, 0.6) is 0 Å². The van der Waals surface area contributed by atoms with Gasteiger partial charge in [-0.2, -0.15) is 0 Å². The maximum Gasteiger partial charge on any atom is 0.327 e. The molecule has 21 heavy (non-hydrogen) atoms. The Morgan fingerprint density at radius 1 is 1.52 bits per heavy atom. The van der Waals surface area contributed by atoms with Crippen LogP contribution >= 0.6 is 11.8 Å². The number of rotatable bonds is 6. The van der Waals surface area contributed by atoms with Crippen molar-refractivity contribution in [3.05, 3.63) is 12.4 Å². The van der Waals surface area contributed by atoms with Crippen molar-refractivity contribution >= 4 is 23.8 Å². The number of amides is 2. The van der Waals surface area contributed by atoms with Crippen LogP contribution in [0, 0.1) is 0 Å². The van der Waals surface area contributed by atoms with Crippen molar-refractivity contribution in [3.8, 4) is 0 Å². The van der Waals surface area contributed by atoms with Crippen LogP contribution in [0.25, 0.3) is 0 Å². The summed E-state index contributed by atoms with van der Waals surface area (Å²) in [6, 6.07) is -1.05. The third-order valence-electron chi connectivity index (χ3n) is 3.27. The molecule has 0 aliphatic carbocycles. The molecule has 1 aromatic rings. The smallest absolute Gasteiger partial charge is 0.327 e. The predicted molar refractivity (Wildman–Crippen MR) is 77.8 cm³/mol. The lowest BCUT2D eigenvalue weighted by molar-refractivity contribution is -0.141. The minimum atomic E-state index is -0.948. The van der Waals surface area contributed by atoms with Gasteiger partial charge in [-0.05, 0) is 12.8 Å². The third-order valence-corrected chi connectivity index (χ3v) is 4.73. The number of carbonyl (C=O) groups excluding carboxylic acids is 1. The van der Waals surface area contributed by atoms with E-state index >= 15 is 0 Å². The lowest BCUT2D eigenvalue weighted by Crippen LogP contribution is -2.50. The molecule has 0 bridgehead atoms. The van der Waals surface area contributed by atoms with Crippen LogP contribution in [0.2, 0.25) is 0 Å². The molecular formula is C12H19N5O3S. The summed E-state index contributed by atoms with van der Waals surface area (Å²) in [7, 11) is 0. The first-order chi connectivity index (χ1) is 10.1. The maximum absolute atomic E-state index is 12.2. The quantitative estimate of drug-likeness (QED) is 0.747. The minimum absolute atomic E-state index is 0.0681. The highest BCUT2D eigenvalue weighted by molar-refractivity contribution is 8.00. The molecule has 116 valence electrons. The number of aryl methyl sites for hydroxylation is 1. The van der Waals surface area contributed by atoms with Gasteiger partial charge in [0.2, 0.25) is 0 Å². The number of urea groups is 1. The van der Waals surface area contributed by atoms with Crippen LogP contribution < -0.4 is 5.32 Å². The molecule has 2 amide bonds. The summed E-state index contributed by atoms with van der Waals surface area (Å²) in [6.45, 7) is 3.09. The Morgan fingerprint density at radius 2 is 2.33 bits per heavy atom. The van der Waals surface area contributed by atoms with E-state index in [0.717, 1.165) is 6.42 Å². The first kappa shape index (κ1) is 15.6. The van der Waals surface area contributed by atoms with Gasteiger partial charge in [0.25, 0.3) is 0 Å². The SMILES string of the molecule is CCC1SCC(C(=O)O)N1C(=O)NCCCn1ccnn1. The monoisotopic (exact) mass is 313 g/mol. The number of nitrogens with one attached hydrogen (secondary N) is 1. The van der Waals surface area contributed by atoms with Gasteiger partial charge in [0.1, 0.15) is 6.04 Å². The van der Waals surface area contributed by atoms with Gasteiger partial charge < -0.3 is 10.4 Å². The Balaban J connectivity index is 1.81. The van der Waals surface area contributed by atoms with Crippen LogP contribution in [0.1, 0.15) is 19.8 Å². The van der Waals surface area contributed by atoms with E-state index in [2.05, 4.69) is 15.6 Å². The summed E-state index contributed by atoms with van der Waals surface area (Å²) in [6.07, 6.45) is 4.81. The standard InChI is InChI=1S/C12H19N5O3S/c1-2-10-17(9(8-21-10)11(18)19)12(20)13-4-3-6-16-7-5-14-15-16/h5,7,9-10H,2-4,6,8H2,1H3,(H,13,20)(H,18,19). The first-order valence-corrected chi connectivity index (χ1v) is 7.93. The van der Waals surface area contributed by atoms with E-state index < -0.39 is 12.0 Å². The van der Waals surface area contributed by atoms with Gasteiger partial charge >= 0.3 is 12.0 Å². The predicted octanol–water partition coefficient (Wildman–Crippen LogP) is 0.616. The van der Waals surface area contributed by atoms with E-state index in [1.54, 1.807) is 17.1 Å². The van der Waals surface area contributed by atoms with Crippen LogP contribution in [-0.2, 0) is 11.3 Å². The van der Waals surface area contributed by atoms with E-state index in [1.165, 1.54) is 16.7 Å². The Kier molecular flexibility index (Phi) is 5.43. The van der Waals surface area contributed by atoms with Gasteiger partial charge in [0, 0.05) is 25.0 Å². The van der Waals surface area contributed by atoms with Gasteiger partial charge in [-0.25, -0.2) is 9.59 Å². The molecule has 2 heterocycles. The molecule has 0 aromatic carbocycles. The molecule has 0 saturated carbocycles. The highest BCUT2D eigenvalue weighted by Crippen LogP contribution is 2.31. The largest absolute Gasteiger partial charge is 0.480 e. The molecule has 8 nitrogen and oxygen atoms in total. The normalized spacial score (nSPS) is 21.5. The van der Waals surface area contributed by atoms with Crippen molar-refractivity contribution in [1.29, 1.82) is 0 Å². The second kappa shape index (κ2) is 7.30. The summed E-state index contributed by atoms with van der Waals surface area (Å²) in [5.74, 6) is -0.503. The van der Waals surface area contributed by atoms with E-state index in [4.69, 9.17) is 0 Å². The fraction of sp³-hybridized carbons (Fsp3) is 0.667. The summed E-state index contributed by atoms with van der Waals surface area (Å²) < 4.78 is 1.69. The van der Waals surface area contributed by atoms with E-state index in [-0.39, 0.29) is 11.4 Å². The Labute approximate surface area is 126 Å². The fourth-order valence-electron chi connectivity index (χ4n) is 2.22. The number of nitrogens with zero attached hydrogens (tertiary/aromatic N) is 4.